The van der Waals surface area contributed by atoms with E-state index in [1.165, 1.54) is 27.8 Å². The molecule has 0 unspecified atom stereocenters. The average Bonchev–Trinajstić information content (AvgIpc) is 2.61. The predicted molar refractivity (Wildman–Crippen MR) is 101 cm³/mol. The van der Waals surface area contributed by atoms with Gasteiger partial charge in [-0.2, -0.15) is 0 Å². The smallest absolute Gasteiger partial charge is 0.219 e. The minimum Gasteiger partial charge on any atom is -0.477 e. The zero-order valence-electron chi connectivity index (χ0n) is 14.8. The first-order chi connectivity index (χ1) is 12.0. The Kier molecular flexibility index (Phi) is 2.94. The summed E-state index contributed by atoms with van der Waals surface area (Å²) in [5, 5.41) is 4.95. The number of anilines is 1. The molecule has 0 aliphatic carbocycles. The molecule has 0 saturated carbocycles. The Morgan fingerprint density at radius 2 is 1.96 bits per heavy atom. The van der Waals surface area contributed by atoms with Gasteiger partial charge in [-0.1, -0.05) is 49.7 Å². The molecule has 0 saturated heterocycles. The highest BCUT2D eigenvalue weighted by Crippen LogP contribution is 2.52. The Bertz CT molecular complexity index is 992. The van der Waals surface area contributed by atoms with Crippen LogP contribution in [0.3, 0.4) is 0 Å². The van der Waals surface area contributed by atoms with E-state index in [9.17, 15) is 0 Å². The van der Waals surface area contributed by atoms with Crippen LogP contribution in [0.25, 0.3) is 10.9 Å². The lowest BCUT2D eigenvalue weighted by Gasteiger charge is -2.48. The molecule has 2 aliphatic rings. The third-order valence-electron chi connectivity index (χ3n) is 5.96. The summed E-state index contributed by atoms with van der Waals surface area (Å²) < 4.78 is 6.13. The molecule has 3 heterocycles. The molecule has 25 heavy (non-hydrogen) atoms. The Balaban J connectivity index is 1.69. The molecule has 0 spiro atoms. The van der Waals surface area contributed by atoms with Gasteiger partial charge in [0.05, 0.1) is 18.2 Å². The first-order valence-electron chi connectivity index (χ1n) is 8.94. The van der Waals surface area contributed by atoms with E-state index in [-0.39, 0.29) is 11.5 Å². The molecule has 3 heteroatoms. The lowest BCUT2D eigenvalue weighted by atomic mass is 9.65. The van der Waals surface area contributed by atoms with Gasteiger partial charge in [0.1, 0.15) is 0 Å². The number of fused-ring (bicyclic) bond motifs is 5. The van der Waals surface area contributed by atoms with E-state index < -0.39 is 0 Å². The van der Waals surface area contributed by atoms with Crippen molar-refractivity contribution in [3.8, 4) is 5.88 Å². The number of para-hydroxylation sites is 1. The molecular formula is C22H22N2O. The Morgan fingerprint density at radius 3 is 2.84 bits per heavy atom. The molecule has 1 aromatic heterocycles. The van der Waals surface area contributed by atoms with Crippen molar-refractivity contribution >= 4 is 16.6 Å². The van der Waals surface area contributed by atoms with Crippen LogP contribution in [-0.4, -0.2) is 11.6 Å². The van der Waals surface area contributed by atoms with E-state index in [0.29, 0.717) is 12.5 Å². The highest BCUT2D eigenvalue weighted by molar-refractivity contribution is 5.80. The quantitative estimate of drug-likeness (QED) is 0.630. The first kappa shape index (κ1) is 14.8. The summed E-state index contributed by atoms with van der Waals surface area (Å²) >= 11 is 0. The first-order valence-corrected chi connectivity index (χ1v) is 8.94. The lowest BCUT2D eigenvalue weighted by molar-refractivity contribution is 0.131. The zero-order chi connectivity index (χ0) is 17.2. The number of pyridine rings is 1. The van der Waals surface area contributed by atoms with Crippen molar-refractivity contribution in [3.05, 3.63) is 65.2 Å². The van der Waals surface area contributed by atoms with E-state index >= 15 is 0 Å². The number of ether oxygens (including phenoxy) is 1. The van der Waals surface area contributed by atoms with Crippen molar-refractivity contribution in [2.45, 2.75) is 32.2 Å². The number of hydrogen-bond acceptors (Lipinski definition) is 3. The summed E-state index contributed by atoms with van der Waals surface area (Å²) in [6.07, 6.45) is 0. The topological polar surface area (TPSA) is 34.1 Å². The van der Waals surface area contributed by atoms with E-state index in [1.807, 2.05) is 12.1 Å². The fourth-order valence-electron chi connectivity index (χ4n) is 4.42. The summed E-state index contributed by atoms with van der Waals surface area (Å²) in [6, 6.07) is 17.4. The average molecular weight is 330 g/mol. The van der Waals surface area contributed by atoms with Crippen molar-refractivity contribution in [2.75, 3.05) is 11.9 Å². The second-order valence-corrected chi connectivity index (χ2v) is 7.89. The second kappa shape index (κ2) is 4.98. The number of rotatable bonds is 0. The van der Waals surface area contributed by atoms with E-state index in [4.69, 9.17) is 9.72 Å². The summed E-state index contributed by atoms with van der Waals surface area (Å²) in [6.45, 7) is 7.53. The SMILES string of the molecule is Cc1ccc2c(c1)C(C)(C)[C@@H]1COc3nc4ccccc4cc3[C@@H]1N2. The van der Waals surface area contributed by atoms with Crippen LogP contribution in [0.4, 0.5) is 5.69 Å². The van der Waals surface area contributed by atoms with Crippen molar-refractivity contribution in [3.63, 3.8) is 0 Å². The molecule has 0 radical (unpaired) electrons. The van der Waals surface area contributed by atoms with Crippen LogP contribution >= 0.6 is 0 Å². The van der Waals surface area contributed by atoms with E-state index in [2.05, 4.69) is 62.5 Å². The maximum absolute atomic E-state index is 6.13. The molecule has 1 N–H and O–H groups in total. The number of aryl methyl sites for hydroxylation is 1. The molecular weight excluding hydrogens is 308 g/mol. The second-order valence-electron chi connectivity index (χ2n) is 7.89. The van der Waals surface area contributed by atoms with Gasteiger partial charge in [0.15, 0.2) is 0 Å². The lowest BCUT2D eigenvalue weighted by Crippen LogP contribution is -2.46. The van der Waals surface area contributed by atoms with Gasteiger partial charge < -0.3 is 10.1 Å². The highest BCUT2D eigenvalue weighted by atomic mass is 16.5. The minimum atomic E-state index is 0.0423. The van der Waals surface area contributed by atoms with Gasteiger partial charge in [-0.25, -0.2) is 4.98 Å². The third kappa shape index (κ3) is 2.08. The summed E-state index contributed by atoms with van der Waals surface area (Å²) in [5.41, 5.74) is 6.13. The predicted octanol–water partition coefficient (Wildman–Crippen LogP) is 5.00. The number of aromatic nitrogens is 1. The van der Waals surface area contributed by atoms with Crippen LogP contribution in [0, 0.1) is 12.8 Å². The number of nitrogens with zero attached hydrogens (tertiary/aromatic N) is 1. The Labute approximate surface area is 148 Å². The highest BCUT2D eigenvalue weighted by Gasteiger charge is 2.46. The molecule has 5 rings (SSSR count). The van der Waals surface area contributed by atoms with Gasteiger partial charge in [0.25, 0.3) is 0 Å². The zero-order valence-corrected chi connectivity index (χ0v) is 14.8. The van der Waals surface area contributed by atoms with E-state index in [0.717, 1.165) is 11.4 Å². The maximum atomic E-state index is 6.13. The van der Waals surface area contributed by atoms with Crippen LogP contribution in [-0.2, 0) is 5.41 Å². The van der Waals surface area contributed by atoms with Gasteiger partial charge in [-0.05, 0) is 30.7 Å². The fourth-order valence-corrected chi connectivity index (χ4v) is 4.42. The number of hydrogen-bond donors (Lipinski definition) is 1. The molecule has 2 aliphatic heterocycles. The van der Waals surface area contributed by atoms with Crippen LogP contribution < -0.4 is 10.1 Å². The van der Waals surface area contributed by atoms with Crippen LogP contribution in [0.5, 0.6) is 5.88 Å². The largest absolute Gasteiger partial charge is 0.477 e. The van der Waals surface area contributed by atoms with Gasteiger partial charge in [-0.15, -0.1) is 0 Å². The monoisotopic (exact) mass is 330 g/mol. The fraction of sp³-hybridized carbons (Fsp3) is 0.318. The number of benzene rings is 2. The third-order valence-corrected chi connectivity index (χ3v) is 5.96. The molecule has 0 amide bonds. The minimum absolute atomic E-state index is 0.0423. The molecule has 2 aromatic carbocycles. The van der Waals surface area contributed by atoms with Crippen molar-refractivity contribution in [1.82, 2.24) is 4.98 Å². The van der Waals surface area contributed by atoms with Crippen LogP contribution in [0.1, 0.15) is 36.6 Å². The molecule has 0 bridgehead atoms. The standard InChI is InChI=1S/C22H22N2O/c1-13-8-9-19-16(10-13)22(2,3)17-12-25-21-15(20(17)23-19)11-14-6-4-5-7-18(14)24-21/h4-11,17,20,23H,12H2,1-3H3/t17-,20+/m1/s1. The van der Waals surface area contributed by atoms with Crippen molar-refractivity contribution in [1.29, 1.82) is 0 Å². The molecule has 3 aromatic rings. The van der Waals surface area contributed by atoms with Crippen LogP contribution in [0.15, 0.2) is 48.5 Å². The van der Waals surface area contributed by atoms with Gasteiger partial charge in [0, 0.05) is 28.0 Å². The maximum Gasteiger partial charge on any atom is 0.219 e. The molecule has 3 nitrogen and oxygen atoms in total. The summed E-state index contributed by atoms with van der Waals surface area (Å²) in [4.78, 5) is 4.76. The van der Waals surface area contributed by atoms with Crippen molar-refractivity contribution in [2.24, 2.45) is 5.92 Å². The molecule has 0 fully saturated rings. The summed E-state index contributed by atoms with van der Waals surface area (Å²) in [7, 11) is 0. The van der Waals surface area contributed by atoms with Gasteiger partial charge >= 0.3 is 0 Å². The van der Waals surface area contributed by atoms with E-state index in [1.54, 1.807) is 0 Å². The van der Waals surface area contributed by atoms with Gasteiger partial charge in [0.2, 0.25) is 5.88 Å². The molecule has 2 atom stereocenters. The summed E-state index contributed by atoms with van der Waals surface area (Å²) in [5.74, 6) is 1.15. The normalized spacial score (nSPS) is 23.0. The van der Waals surface area contributed by atoms with Gasteiger partial charge in [-0.3, -0.25) is 0 Å². The Hall–Kier alpha value is -2.55. The van der Waals surface area contributed by atoms with Crippen molar-refractivity contribution < 1.29 is 4.74 Å². The molecule has 126 valence electrons. The number of nitrogens with one attached hydrogen (secondary N) is 1. The Morgan fingerprint density at radius 1 is 1.12 bits per heavy atom. The van der Waals surface area contributed by atoms with Crippen LogP contribution in [0.2, 0.25) is 0 Å².